The molecule has 1 aliphatic rings. The van der Waals surface area contributed by atoms with Crippen molar-refractivity contribution in [3.8, 4) is 0 Å². The highest BCUT2D eigenvalue weighted by Gasteiger charge is 2.48. The second-order valence-corrected chi connectivity index (χ2v) is 6.99. The SMILES string of the molecule is Cc1ccc(NC(=O)C2CC2C(=O)Nc2cccc(C)c2C)c(C)c1. The first-order chi connectivity index (χ1) is 11.9. The van der Waals surface area contributed by atoms with E-state index >= 15 is 0 Å². The van der Waals surface area contributed by atoms with E-state index in [-0.39, 0.29) is 23.7 Å². The van der Waals surface area contributed by atoms with E-state index in [1.54, 1.807) is 0 Å². The molecule has 25 heavy (non-hydrogen) atoms. The fraction of sp³-hybridized carbons (Fsp3) is 0.333. The van der Waals surface area contributed by atoms with Crippen LogP contribution in [0.25, 0.3) is 0 Å². The molecule has 3 rings (SSSR count). The summed E-state index contributed by atoms with van der Waals surface area (Å²) in [6.07, 6.45) is 0.605. The minimum Gasteiger partial charge on any atom is -0.326 e. The average molecular weight is 336 g/mol. The van der Waals surface area contributed by atoms with Crippen molar-refractivity contribution >= 4 is 23.2 Å². The van der Waals surface area contributed by atoms with E-state index in [1.807, 2.05) is 64.1 Å². The van der Waals surface area contributed by atoms with Gasteiger partial charge >= 0.3 is 0 Å². The van der Waals surface area contributed by atoms with Crippen LogP contribution in [0.15, 0.2) is 36.4 Å². The van der Waals surface area contributed by atoms with Crippen LogP contribution in [0.5, 0.6) is 0 Å². The normalized spacial score (nSPS) is 18.6. The molecule has 0 heterocycles. The second-order valence-electron chi connectivity index (χ2n) is 6.99. The first-order valence-electron chi connectivity index (χ1n) is 8.62. The quantitative estimate of drug-likeness (QED) is 0.882. The van der Waals surface area contributed by atoms with Gasteiger partial charge in [0.05, 0.1) is 11.8 Å². The van der Waals surface area contributed by atoms with Crippen LogP contribution >= 0.6 is 0 Å². The van der Waals surface area contributed by atoms with Crippen molar-refractivity contribution in [1.82, 2.24) is 0 Å². The minimum atomic E-state index is -0.245. The Morgan fingerprint density at radius 2 is 1.48 bits per heavy atom. The van der Waals surface area contributed by atoms with Crippen molar-refractivity contribution in [2.24, 2.45) is 11.8 Å². The monoisotopic (exact) mass is 336 g/mol. The van der Waals surface area contributed by atoms with Crippen LogP contribution in [-0.4, -0.2) is 11.8 Å². The van der Waals surface area contributed by atoms with Crippen molar-refractivity contribution in [2.75, 3.05) is 10.6 Å². The topological polar surface area (TPSA) is 58.2 Å². The second kappa shape index (κ2) is 6.71. The van der Waals surface area contributed by atoms with Gasteiger partial charge in [0.1, 0.15) is 0 Å². The molecule has 0 radical (unpaired) electrons. The summed E-state index contributed by atoms with van der Waals surface area (Å²) in [5.41, 5.74) is 6.03. The van der Waals surface area contributed by atoms with Crippen molar-refractivity contribution in [1.29, 1.82) is 0 Å². The molecule has 2 unspecified atom stereocenters. The minimum absolute atomic E-state index is 0.0746. The van der Waals surface area contributed by atoms with Gasteiger partial charge in [0, 0.05) is 11.4 Å². The standard InChI is InChI=1S/C21H24N2O2/c1-12-8-9-18(14(3)10-12)22-20(24)16-11-17(16)21(25)23-19-7-5-6-13(2)15(19)4/h5-10,16-17H,11H2,1-4H3,(H,22,24)(H,23,25). The van der Waals surface area contributed by atoms with Crippen LogP contribution in [-0.2, 0) is 9.59 Å². The van der Waals surface area contributed by atoms with Gasteiger partial charge in [-0.05, 0) is 62.9 Å². The van der Waals surface area contributed by atoms with Crippen LogP contribution in [0.4, 0.5) is 11.4 Å². The molecular weight excluding hydrogens is 312 g/mol. The Morgan fingerprint density at radius 1 is 0.840 bits per heavy atom. The zero-order valence-electron chi connectivity index (χ0n) is 15.1. The van der Waals surface area contributed by atoms with Crippen LogP contribution in [0.1, 0.15) is 28.7 Å². The van der Waals surface area contributed by atoms with E-state index in [1.165, 1.54) is 0 Å². The lowest BCUT2D eigenvalue weighted by Gasteiger charge is -2.11. The number of hydrogen-bond donors (Lipinski definition) is 2. The predicted octanol–water partition coefficient (Wildman–Crippen LogP) is 4.13. The number of nitrogens with one attached hydrogen (secondary N) is 2. The molecule has 2 N–H and O–H groups in total. The smallest absolute Gasteiger partial charge is 0.228 e. The van der Waals surface area contributed by atoms with E-state index in [0.29, 0.717) is 6.42 Å². The Balaban J connectivity index is 1.61. The van der Waals surface area contributed by atoms with E-state index in [0.717, 1.165) is 33.6 Å². The maximum atomic E-state index is 12.4. The third-order valence-corrected chi connectivity index (χ3v) is 4.97. The highest BCUT2D eigenvalue weighted by atomic mass is 16.2. The molecule has 0 aliphatic heterocycles. The predicted molar refractivity (Wildman–Crippen MR) is 101 cm³/mol. The van der Waals surface area contributed by atoms with E-state index in [2.05, 4.69) is 10.6 Å². The van der Waals surface area contributed by atoms with Gasteiger partial charge in [0.2, 0.25) is 11.8 Å². The van der Waals surface area contributed by atoms with E-state index in [9.17, 15) is 9.59 Å². The molecule has 4 heteroatoms. The molecule has 1 fully saturated rings. The van der Waals surface area contributed by atoms with Gasteiger partial charge in [0.25, 0.3) is 0 Å². The zero-order valence-corrected chi connectivity index (χ0v) is 15.1. The number of anilines is 2. The highest BCUT2D eigenvalue weighted by Crippen LogP contribution is 2.40. The maximum Gasteiger partial charge on any atom is 0.228 e. The first-order valence-corrected chi connectivity index (χ1v) is 8.62. The summed E-state index contributed by atoms with van der Waals surface area (Å²) in [5.74, 6) is -0.640. The summed E-state index contributed by atoms with van der Waals surface area (Å²) in [5, 5.41) is 5.91. The molecule has 0 saturated heterocycles. The molecule has 0 aromatic heterocycles. The number of amides is 2. The molecular formula is C21H24N2O2. The molecule has 4 nitrogen and oxygen atoms in total. The summed E-state index contributed by atoms with van der Waals surface area (Å²) < 4.78 is 0. The van der Waals surface area contributed by atoms with Gasteiger partial charge in [-0.2, -0.15) is 0 Å². The summed E-state index contributed by atoms with van der Waals surface area (Å²) in [6.45, 7) is 8.00. The van der Waals surface area contributed by atoms with Crippen molar-refractivity contribution in [3.05, 3.63) is 58.7 Å². The number of carbonyl (C=O) groups is 2. The largest absolute Gasteiger partial charge is 0.326 e. The van der Waals surface area contributed by atoms with Gasteiger partial charge in [-0.1, -0.05) is 29.8 Å². The summed E-state index contributed by atoms with van der Waals surface area (Å²) in [4.78, 5) is 24.8. The van der Waals surface area contributed by atoms with Gasteiger partial charge in [0.15, 0.2) is 0 Å². The van der Waals surface area contributed by atoms with Crippen molar-refractivity contribution in [2.45, 2.75) is 34.1 Å². The lowest BCUT2D eigenvalue weighted by Crippen LogP contribution is -2.21. The Kier molecular flexibility index (Phi) is 4.62. The molecule has 2 amide bonds. The molecule has 0 spiro atoms. The van der Waals surface area contributed by atoms with Crippen LogP contribution < -0.4 is 10.6 Å². The molecule has 1 saturated carbocycles. The zero-order chi connectivity index (χ0) is 18.1. The lowest BCUT2D eigenvalue weighted by atomic mass is 10.1. The fourth-order valence-electron chi connectivity index (χ4n) is 3.07. The van der Waals surface area contributed by atoms with Crippen LogP contribution in [0.2, 0.25) is 0 Å². The number of carbonyl (C=O) groups excluding carboxylic acids is 2. The average Bonchev–Trinajstić information content (AvgIpc) is 3.35. The van der Waals surface area contributed by atoms with Gasteiger partial charge in [-0.3, -0.25) is 9.59 Å². The molecule has 1 aliphatic carbocycles. The Labute approximate surface area is 148 Å². The van der Waals surface area contributed by atoms with E-state index < -0.39 is 0 Å². The number of aryl methyl sites for hydroxylation is 3. The summed E-state index contributed by atoms with van der Waals surface area (Å²) in [6, 6.07) is 11.8. The summed E-state index contributed by atoms with van der Waals surface area (Å²) in [7, 11) is 0. The van der Waals surface area contributed by atoms with Gasteiger partial charge in [-0.15, -0.1) is 0 Å². The Bertz CT molecular complexity index is 842. The fourth-order valence-corrected chi connectivity index (χ4v) is 3.07. The third-order valence-electron chi connectivity index (χ3n) is 4.97. The highest BCUT2D eigenvalue weighted by molar-refractivity contribution is 6.03. The molecule has 2 aromatic rings. The summed E-state index contributed by atoms with van der Waals surface area (Å²) >= 11 is 0. The Hall–Kier alpha value is -2.62. The first kappa shape index (κ1) is 17.2. The number of hydrogen-bond acceptors (Lipinski definition) is 2. The van der Waals surface area contributed by atoms with Crippen molar-refractivity contribution in [3.63, 3.8) is 0 Å². The maximum absolute atomic E-state index is 12.4. The van der Waals surface area contributed by atoms with Gasteiger partial charge < -0.3 is 10.6 Å². The van der Waals surface area contributed by atoms with Crippen molar-refractivity contribution < 1.29 is 9.59 Å². The lowest BCUT2D eigenvalue weighted by molar-refractivity contribution is -0.122. The molecule has 2 aromatic carbocycles. The number of benzene rings is 2. The van der Waals surface area contributed by atoms with Crippen LogP contribution in [0, 0.1) is 39.5 Å². The Morgan fingerprint density at radius 3 is 2.12 bits per heavy atom. The molecule has 0 bridgehead atoms. The van der Waals surface area contributed by atoms with Gasteiger partial charge in [-0.25, -0.2) is 0 Å². The molecule has 130 valence electrons. The number of rotatable bonds is 4. The third kappa shape index (κ3) is 3.73. The van der Waals surface area contributed by atoms with E-state index in [4.69, 9.17) is 0 Å². The molecule has 2 atom stereocenters. The van der Waals surface area contributed by atoms with Crippen LogP contribution in [0.3, 0.4) is 0 Å².